The zero-order chi connectivity index (χ0) is 19.3. The van der Waals surface area contributed by atoms with Crippen LogP contribution in [0.4, 0.5) is 5.82 Å². The largest absolute Gasteiger partial charge is 0.345 e. The van der Waals surface area contributed by atoms with Crippen LogP contribution in [-0.2, 0) is 14.4 Å². The first-order chi connectivity index (χ1) is 13.6. The van der Waals surface area contributed by atoms with Crippen LogP contribution in [0.5, 0.6) is 0 Å². The Hall–Kier alpha value is -2.44. The van der Waals surface area contributed by atoms with Crippen molar-refractivity contribution in [2.24, 2.45) is 0 Å². The topological polar surface area (TPSA) is 73.8 Å². The summed E-state index contributed by atoms with van der Waals surface area (Å²) in [7, 11) is 0. The van der Waals surface area contributed by atoms with Gasteiger partial charge in [0, 0.05) is 43.7 Å². The van der Waals surface area contributed by atoms with Crippen LogP contribution in [0.3, 0.4) is 0 Å². The lowest BCUT2D eigenvalue weighted by atomic mass is 9.95. The summed E-state index contributed by atoms with van der Waals surface area (Å²) in [5.74, 6) is 1.000. The van der Waals surface area contributed by atoms with Crippen molar-refractivity contribution < 1.29 is 14.4 Å². The zero-order valence-electron chi connectivity index (χ0n) is 16.0. The standard InChI is InChI=1S/C21H26N4O3/c26-19-8-9-20(27)25(19)16-12-14-6-7-15(13-16)24(14)21(28)17-4-3-11-23(17)18-5-1-2-10-22-18/h1-2,5,10,14-17H,3-4,6-9,11-13H2. The molecule has 3 amide bonds. The van der Waals surface area contributed by atoms with Gasteiger partial charge in [-0.05, 0) is 50.7 Å². The molecule has 5 heterocycles. The van der Waals surface area contributed by atoms with E-state index in [0.29, 0.717) is 12.8 Å². The highest BCUT2D eigenvalue weighted by molar-refractivity contribution is 6.02. The number of hydrogen-bond donors (Lipinski definition) is 0. The van der Waals surface area contributed by atoms with E-state index in [1.54, 1.807) is 6.20 Å². The first kappa shape index (κ1) is 17.6. The molecule has 0 aromatic carbocycles. The Bertz CT molecular complexity index is 768. The van der Waals surface area contributed by atoms with E-state index in [-0.39, 0.29) is 41.9 Å². The number of rotatable bonds is 3. The van der Waals surface area contributed by atoms with E-state index in [1.165, 1.54) is 4.90 Å². The summed E-state index contributed by atoms with van der Waals surface area (Å²) in [6.07, 6.45) is 7.72. The number of pyridine rings is 1. The number of hydrogen-bond acceptors (Lipinski definition) is 5. The summed E-state index contributed by atoms with van der Waals surface area (Å²) in [5.41, 5.74) is 0. The van der Waals surface area contributed by atoms with Crippen molar-refractivity contribution in [2.45, 2.75) is 75.5 Å². The van der Waals surface area contributed by atoms with Crippen LogP contribution < -0.4 is 4.90 Å². The molecule has 4 aliphatic rings. The third-order valence-corrected chi connectivity index (χ3v) is 6.90. The van der Waals surface area contributed by atoms with E-state index >= 15 is 0 Å². The Labute approximate surface area is 164 Å². The predicted molar refractivity (Wildman–Crippen MR) is 102 cm³/mol. The second kappa shape index (κ2) is 6.87. The number of aromatic nitrogens is 1. The molecule has 1 aromatic heterocycles. The Morgan fingerprint density at radius 3 is 2.32 bits per heavy atom. The number of amides is 3. The van der Waals surface area contributed by atoms with Crippen LogP contribution in [0.25, 0.3) is 0 Å². The fourth-order valence-electron chi connectivity index (χ4n) is 5.71. The average Bonchev–Trinajstić information content (AvgIpc) is 3.39. The summed E-state index contributed by atoms with van der Waals surface area (Å²) < 4.78 is 0. The third kappa shape index (κ3) is 2.79. The van der Waals surface area contributed by atoms with Gasteiger partial charge in [-0.3, -0.25) is 19.3 Å². The van der Waals surface area contributed by atoms with E-state index in [1.807, 2.05) is 18.2 Å². The van der Waals surface area contributed by atoms with E-state index in [2.05, 4.69) is 14.8 Å². The molecule has 4 saturated heterocycles. The Morgan fingerprint density at radius 1 is 0.964 bits per heavy atom. The lowest BCUT2D eigenvalue weighted by molar-refractivity contribution is -0.145. The molecule has 0 radical (unpaired) electrons. The van der Waals surface area contributed by atoms with Gasteiger partial charge >= 0.3 is 0 Å². The Morgan fingerprint density at radius 2 is 1.68 bits per heavy atom. The highest BCUT2D eigenvalue weighted by atomic mass is 16.2. The van der Waals surface area contributed by atoms with Gasteiger partial charge < -0.3 is 9.80 Å². The van der Waals surface area contributed by atoms with Gasteiger partial charge in [0.05, 0.1) is 0 Å². The number of anilines is 1. The molecule has 0 saturated carbocycles. The minimum Gasteiger partial charge on any atom is -0.345 e. The van der Waals surface area contributed by atoms with E-state index < -0.39 is 0 Å². The summed E-state index contributed by atoms with van der Waals surface area (Å²) >= 11 is 0. The van der Waals surface area contributed by atoms with Crippen LogP contribution in [0.15, 0.2) is 24.4 Å². The maximum Gasteiger partial charge on any atom is 0.245 e. The number of nitrogens with zero attached hydrogens (tertiary/aromatic N) is 4. The molecule has 2 bridgehead atoms. The second-order valence-electron chi connectivity index (χ2n) is 8.45. The molecule has 5 rings (SSSR count). The Balaban J connectivity index is 1.33. The van der Waals surface area contributed by atoms with Crippen LogP contribution >= 0.6 is 0 Å². The van der Waals surface area contributed by atoms with Crippen molar-refractivity contribution in [2.75, 3.05) is 11.4 Å². The van der Waals surface area contributed by atoms with E-state index in [0.717, 1.165) is 50.9 Å². The number of carbonyl (C=O) groups excluding carboxylic acids is 3. The molecule has 0 aliphatic carbocycles. The number of carbonyl (C=O) groups is 3. The minimum absolute atomic E-state index is 0.0282. The zero-order valence-corrected chi connectivity index (χ0v) is 16.0. The van der Waals surface area contributed by atoms with Crippen molar-refractivity contribution in [3.05, 3.63) is 24.4 Å². The molecule has 4 fully saturated rings. The fourth-order valence-corrected chi connectivity index (χ4v) is 5.71. The van der Waals surface area contributed by atoms with Crippen molar-refractivity contribution >= 4 is 23.5 Å². The van der Waals surface area contributed by atoms with Gasteiger partial charge in [-0.2, -0.15) is 0 Å². The lowest BCUT2D eigenvalue weighted by Crippen LogP contribution is -2.57. The molecule has 148 valence electrons. The minimum atomic E-state index is -0.149. The molecule has 1 aromatic rings. The van der Waals surface area contributed by atoms with E-state index in [4.69, 9.17) is 0 Å². The van der Waals surface area contributed by atoms with Gasteiger partial charge in [-0.1, -0.05) is 6.07 Å². The van der Waals surface area contributed by atoms with Gasteiger partial charge in [0.25, 0.3) is 0 Å². The molecule has 3 unspecified atom stereocenters. The quantitative estimate of drug-likeness (QED) is 0.745. The molecule has 4 aliphatic heterocycles. The van der Waals surface area contributed by atoms with Crippen LogP contribution in [0.1, 0.15) is 51.4 Å². The maximum absolute atomic E-state index is 13.5. The first-order valence-corrected chi connectivity index (χ1v) is 10.5. The third-order valence-electron chi connectivity index (χ3n) is 6.90. The molecule has 3 atom stereocenters. The van der Waals surface area contributed by atoms with Crippen molar-refractivity contribution in [3.8, 4) is 0 Å². The number of likely N-dealkylation sites (tertiary alicyclic amines) is 1. The van der Waals surface area contributed by atoms with Gasteiger partial charge in [-0.25, -0.2) is 4.98 Å². The van der Waals surface area contributed by atoms with Gasteiger partial charge in [-0.15, -0.1) is 0 Å². The van der Waals surface area contributed by atoms with Crippen LogP contribution in [0.2, 0.25) is 0 Å². The SMILES string of the molecule is O=C1CCC(=O)N1C1CC2CCC(C1)N2C(=O)C1CCCN1c1ccccn1. The number of piperidine rings is 1. The molecule has 28 heavy (non-hydrogen) atoms. The summed E-state index contributed by atoms with van der Waals surface area (Å²) in [4.78, 5) is 48.0. The van der Waals surface area contributed by atoms with E-state index in [9.17, 15) is 14.4 Å². The number of imide groups is 1. The molecule has 7 heteroatoms. The fraction of sp³-hybridized carbons (Fsp3) is 0.619. The molecule has 0 N–H and O–H groups in total. The highest BCUT2D eigenvalue weighted by Crippen LogP contribution is 2.40. The monoisotopic (exact) mass is 382 g/mol. The predicted octanol–water partition coefficient (Wildman–Crippen LogP) is 1.72. The second-order valence-corrected chi connectivity index (χ2v) is 8.45. The lowest BCUT2D eigenvalue weighted by Gasteiger charge is -2.43. The maximum atomic E-state index is 13.5. The van der Waals surface area contributed by atoms with Crippen LogP contribution in [-0.4, -0.2) is 63.2 Å². The average molecular weight is 382 g/mol. The van der Waals surface area contributed by atoms with Crippen molar-refractivity contribution in [3.63, 3.8) is 0 Å². The van der Waals surface area contributed by atoms with Crippen LogP contribution in [0, 0.1) is 0 Å². The van der Waals surface area contributed by atoms with Crippen molar-refractivity contribution in [1.82, 2.24) is 14.8 Å². The molecular formula is C21H26N4O3. The smallest absolute Gasteiger partial charge is 0.245 e. The van der Waals surface area contributed by atoms with Crippen molar-refractivity contribution in [1.29, 1.82) is 0 Å². The number of fused-ring (bicyclic) bond motifs is 2. The highest BCUT2D eigenvalue weighted by Gasteiger charge is 2.49. The molecular weight excluding hydrogens is 356 g/mol. The summed E-state index contributed by atoms with van der Waals surface area (Å²) in [6, 6.07) is 5.93. The van der Waals surface area contributed by atoms with Gasteiger partial charge in [0.15, 0.2) is 0 Å². The normalized spacial score (nSPS) is 32.5. The first-order valence-electron chi connectivity index (χ1n) is 10.5. The van der Waals surface area contributed by atoms with Gasteiger partial charge in [0.1, 0.15) is 11.9 Å². The molecule has 7 nitrogen and oxygen atoms in total. The Kier molecular flexibility index (Phi) is 4.33. The summed E-state index contributed by atoms with van der Waals surface area (Å²) in [6.45, 7) is 0.857. The summed E-state index contributed by atoms with van der Waals surface area (Å²) in [5, 5.41) is 0. The molecule has 0 spiro atoms. The van der Waals surface area contributed by atoms with Gasteiger partial charge in [0.2, 0.25) is 17.7 Å².